The first-order chi connectivity index (χ1) is 18.4. The summed E-state index contributed by atoms with van der Waals surface area (Å²) in [4.78, 5) is 9.56. The fraction of sp³-hybridized carbons (Fsp3) is 0.0303. The van der Waals surface area contributed by atoms with Gasteiger partial charge >= 0.3 is 0 Å². The summed E-state index contributed by atoms with van der Waals surface area (Å²) in [6.45, 7) is 0. The van der Waals surface area contributed by atoms with Gasteiger partial charge in [0, 0.05) is 51.4 Å². The van der Waals surface area contributed by atoms with Crippen molar-refractivity contribution in [1.82, 2.24) is 18.9 Å². The van der Waals surface area contributed by atoms with Crippen molar-refractivity contribution in [3.05, 3.63) is 121 Å². The molecule has 4 heterocycles. The van der Waals surface area contributed by atoms with Crippen LogP contribution in [0.15, 0.2) is 110 Å². The summed E-state index contributed by atoms with van der Waals surface area (Å²) in [6.07, 6.45) is 6.71. The van der Waals surface area contributed by atoms with Gasteiger partial charge in [0.15, 0.2) is 0 Å². The minimum atomic E-state index is 0.917. The van der Waals surface area contributed by atoms with E-state index in [0.717, 1.165) is 33.9 Å². The number of pyridine rings is 2. The monoisotopic (exact) mass is 472 g/mol. The van der Waals surface area contributed by atoms with E-state index >= 15 is 0 Å². The van der Waals surface area contributed by atoms with Crippen molar-refractivity contribution in [1.29, 1.82) is 0 Å². The van der Waals surface area contributed by atoms with Crippen molar-refractivity contribution in [3.8, 4) is 16.8 Å². The largest absolute Gasteiger partial charge is 0.309 e. The van der Waals surface area contributed by atoms with Crippen molar-refractivity contribution in [2.45, 2.75) is 6.42 Å². The zero-order valence-electron chi connectivity index (χ0n) is 19.9. The average Bonchev–Trinajstić information content (AvgIpc) is 3.66. The Balaban J connectivity index is 1.47. The van der Waals surface area contributed by atoms with E-state index in [-0.39, 0.29) is 0 Å². The molecule has 4 heteroatoms. The van der Waals surface area contributed by atoms with E-state index in [1.807, 2.05) is 24.7 Å². The molecule has 0 saturated heterocycles. The molecule has 4 nitrogen and oxygen atoms in total. The van der Waals surface area contributed by atoms with E-state index in [4.69, 9.17) is 9.97 Å². The summed E-state index contributed by atoms with van der Waals surface area (Å²) >= 11 is 0. The van der Waals surface area contributed by atoms with Crippen LogP contribution in [0.25, 0.3) is 66.1 Å². The Morgan fingerprint density at radius 3 is 2.43 bits per heavy atom. The number of fused-ring (bicyclic) bond motifs is 13. The normalized spacial score (nSPS) is 12.8. The van der Waals surface area contributed by atoms with Gasteiger partial charge in [0.2, 0.25) is 0 Å². The quantitative estimate of drug-likeness (QED) is 0.229. The molecule has 4 aromatic carbocycles. The number of benzene rings is 4. The van der Waals surface area contributed by atoms with Crippen molar-refractivity contribution >= 4 is 49.3 Å². The highest BCUT2D eigenvalue weighted by molar-refractivity contribution is 6.17. The lowest BCUT2D eigenvalue weighted by Crippen LogP contribution is -1.96. The summed E-state index contributed by atoms with van der Waals surface area (Å²) in [5.74, 6) is 0. The zero-order chi connectivity index (χ0) is 24.1. The molecule has 0 radical (unpaired) electrons. The number of aromatic nitrogens is 4. The molecular weight excluding hydrogens is 452 g/mol. The maximum atomic E-state index is 4.83. The Bertz CT molecular complexity index is 2220. The first-order valence-electron chi connectivity index (χ1n) is 12.6. The Kier molecular flexibility index (Phi) is 3.55. The minimum absolute atomic E-state index is 0.917. The molecule has 0 aliphatic heterocycles. The number of para-hydroxylation sites is 2. The molecular formula is C33H20N4. The molecule has 1 aliphatic rings. The molecule has 172 valence electrons. The van der Waals surface area contributed by atoms with Crippen LogP contribution in [0, 0.1) is 0 Å². The highest BCUT2D eigenvalue weighted by Crippen LogP contribution is 2.47. The molecule has 4 aromatic heterocycles. The average molecular weight is 473 g/mol. The van der Waals surface area contributed by atoms with Gasteiger partial charge < -0.3 is 4.57 Å². The van der Waals surface area contributed by atoms with Gasteiger partial charge in [-0.3, -0.25) is 9.38 Å². The molecule has 1 aliphatic carbocycles. The standard InChI is InChI=1S/C33H20N4/c1-2-7-22(8-3-1)37-28-10-5-4-9-23(28)24-13-12-20-17-21-18-27-26(19-25(21)30(20)32(24)37)31-29(11-6-14-34-31)36-16-15-35-33(27)36/h1-16,18-19H,17H2. The predicted octanol–water partition coefficient (Wildman–Crippen LogP) is 7.70. The Hall–Kier alpha value is -4.96. The highest BCUT2D eigenvalue weighted by Gasteiger charge is 2.26. The molecule has 0 fully saturated rings. The Morgan fingerprint density at radius 1 is 0.622 bits per heavy atom. The minimum Gasteiger partial charge on any atom is -0.309 e. The number of hydrogen-bond acceptors (Lipinski definition) is 2. The maximum Gasteiger partial charge on any atom is 0.145 e. The molecule has 0 unspecified atom stereocenters. The van der Waals surface area contributed by atoms with Crippen LogP contribution in [0.3, 0.4) is 0 Å². The summed E-state index contributed by atoms with van der Waals surface area (Å²) < 4.78 is 4.60. The third-order valence-corrected chi connectivity index (χ3v) is 8.01. The first-order valence-corrected chi connectivity index (χ1v) is 12.6. The summed E-state index contributed by atoms with van der Waals surface area (Å²) in [5.41, 5.74) is 12.1. The second-order valence-electron chi connectivity index (χ2n) is 9.91. The summed E-state index contributed by atoms with van der Waals surface area (Å²) in [7, 11) is 0. The van der Waals surface area contributed by atoms with Gasteiger partial charge in [0.1, 0.15) is 5.65 Å². The van der Waals surface area contributed by atoms with E-state index in [1.165, 1.54) is 49.7 Å². The third-order valence-electron chi connectivity index (χ3n) is 8.01. The van der Waals surface area contributed by atoms with E-state index in [1.54, 1.807) is 0 Å². The fourth-order valence-electron chi connectivity index (χ4n) is 6.50. The molecule has 0 spiro atoms. The van der Waals surface area contributed by atoms with Crippen LogP contribution in [0.5, 0.6) is 0 Å². The number of rotatable bonds is 1. The summed E-state index contributed by atoms with van der Waals surface area (Å²) in [5, 5.41) is 4.88. The zero-order valence-corrected chi connectivity index (χ0v) is 19.9. The fourth-order valence-corrected chi connectivity index (χ4v) is 6.50. The smallest absolute Gasteiger partial charge is 0.145 e. The van der Waals surface area contributed by atoms with Crippen LogP contribution in [0.1, 0.15) is 11.1 Å². The molecule has 0 bridgehead atoms. The van der Waals surface area contributed by atoms with Gasteiger partial charge in [-0.2, -0.15) is 0 Å². The highest BCUT2D eigenvalue weighted by atomic mass is 15.0. The van der Waals surface area contributed by atoms with Crippen molar-refractivity contribution in [2.24, 2.45) is 0 Å². The number of imidazole rings is 1. The number of hydrogen-bond donors (Lipinski definition) is 0. The predicted molar refractivity (Wildman–Crippen MR) is 151 cm³/mol. The molecule has 0 saturated carbocycles. The molecule has 9 rings (SSSR count). The van der Waals surface area contributed by atoms with Crippen molar-refractivity contribution in [3.63, 3.8) is 0 Å². The van der Waals surface area contributed by atoms with Crippen molar-refractivity contribution < 1.29 is 0 Å². The van der Waals surface area contributed by atoms with E-state index in [0.29, 0.717) is 0 Å². The third kappa shape index (κ3) is 2.42. The van der Waals surface area contributed by atoms with Gasteiger partial charge in [0.25, 0.3) is 0 Å². The van der Waals surface area contributed by atoms with Crippen LogP contribution >= 0.6 is 0 Å². The van der Waals surface area contributed by atoms with Crippen molar-refractivity contribution in [2.75, 3.05) is 0 Å². The van der Waals surface area contributed by atoms with E-state index < -0.39 is 0 Å². The SMILES string of the molecule is c1ccc(-n2c3ccccc3c3ccc4c(c32)-c2cc3c(cc2C4)c2nccn2c2cccnc32)cc1. The second-order valence-corrected chi connectivity index (χ2v) is 9.91. The van der Waals surface area contributed by atoms with Gasteiger partial charge in [-0.1, -0.05) is 48.5 Å². The second kappa shape index (κ2) is 6.83. The van der Waals surface area contributed by atoms with Gasteiger partial charge in [-0.25, -0.2) is 4.98 Å². The van der Waals surface area contributed by atoms with Gasteiger partial charge in [-0.05, 0) is 65.6 Å². The lowest BCUT2D eigenvalue weighted by molar-refractivity contribution is 1.18. The lowest BCUT2D eigenvalue weighted by Gasteiger charge is -2.13. The Labute approximate surface area is 212 Å². The van der Waals surface area contributed by atoms with Crippen LogP contribution in [-0.4, -0.2) is 18.9 Å². The van der Waals surface area contributed by atoms with E-state index in [9.17, 15) is 0 Å². The molecule has 0 amide bonds. The molecule has 0 atom stereocenters. The van der Waals surface area contributed by atoms with Crippen LogP contribution < -0.4 is 0 Å². The maximum absolute atomic E-state index is 4.83. The molecule has 0 N–H and O–H groups in total. The topological polar surface area (TPSA) is 35.1 Å². The van der Waals surface area contributed by atoms with Gasteiger partial charge in [-0.15, -0.1) is 0 Å². The Morgan fingerprint density at radius 2 is 1.49 bits per heavy atom. The molecule has 8 aromatic rings. The summed E-state index contributed by atoms with van der Waals surface area (Å²) in [6, 6.07) is 33.0. The van der Waals surface area contributed by atoms with Gasteiger partial charge in [0.05, 0.1) is 22.1 Å². The van der Waals surface area contributed by atoms with Crippen LogP contribution in [0.4, 0.5) is 0 Å². The molecule has 37 heavy (non-hydrogen) atoms. The van der Waals surface area contributed by atoms with Crippen LogP contribution in [-0.2, 0) is 6.42 Å². The van der Waals surface area contributed by atoms with E-state index in [2.05, 4.69) is 93.9 Å². The first kappa shape index (κ1) is 19.3. The lowest BCUT2D eigenvalue weighted by atomic mass is 9.98. The number of nitrogens with zero attached hydrogens (tertiary/aromatic N) is 4. The van der Waals surface area contributed by atoms with Crippen LogP contribution in [0.2, 0.25) is 0 Å².